The minimum Gasteiger partial charge on any atom is -0.485 e. The summed E-state index contributed by atoms with van der Waals surface area (Å²) in [6.07, 6.45) is 0.392. The number of fused-ring (bicyclic) bond motifs is 1. The summed E-state index contributed by atoms with van der Waals surface area (Å²) in [5, 5.41) is 8.48. The van der Waals surface area contributed by atoms with Crippen LogP contribution in [0.25, 0.3) is 0 Å². The van der Waals surface area contributed by atoms with Crippen molar-refractivity contribution in [1.82, 2.24) is 10.2 Å². The lowest BCUT2D eigenvalue weighted by atomic mass is 9.95. The summed E-state index contributed by atoms with van der Waals surface area (Å²) in [5.41, 5.74) is 1.13. The Morgan fingerprint density at radius 2 is 1.62 bits per heavy atom. The Balaban J connectivity index is 1.37. The van der Waals surface area contributed by atoms with E-state index >= 15 is 0 Å². The third-order valence-electron chi connectivity index (χ3n) is 4.78. The van der Waals surface area contributed by atoms with E-state index in [1.54, 1.807) is 0 Å². The first-order valence-electron chi connectivity index (χ1n) is 8.77. The zero-order chi connectivity index (χ0) is 17.3. The molecule has 2 aliphatic rings. The highest BCUT2D eigenvalue weighted by Crippen LogP contribution is 2.42. The molecule has 0 spiro atoms. The molecule has 2 aliphatic heterocycles. The molecule has 132 valence electrons. The second-order valence-electron chi connectivity index (χ2n) is 6.44. The van der Waals surface area contributed by atoms with E-state index in [1.165, 1.54) is 0 Å². The van der Waals surface area contributed by atoms with Crippen LogP contribution < -0.4 is 9.47 Å². The topological polar surface area (TPSA) is 66.6 Å². The summed E-state index contributed by atoms with van der Waals surface area (Å²) in [6.45, 7) is 1.03. The Morgan fingerprint density at radius 3 is 2.50 bits per heavy atom. The van der Waals surface area contributed by atoms with Crippen LogP contribution in [0.4, 0.5) is 0 Å². The molecule has 5 rings (SSSR count). The van der Waals surface area contributed by atoms with Crippen molar-refractivity contribution >= 4 is 0 Å². The molecule has 3 atom stereocenters. The molecule has 3 heterocycles. The quantitative estimate of drug-likeness (QED) is 0.715. The largest absolute Gasteiger partial charge is 0.485 e. The van der Waals surface area contributed by atoms with E-state index in [4.69, 9.17) is 18.6 Å². The van der Waals surface area contributed by atoms with Crippen molar-refractivity contribution in [3.8, 4) is 11.5 Å². The van der Waals surface area contributed by atoms with Gasteiger partial charge >= 0.3 is 0 Å². The lowest BCUT2D eigenvalue weighted by Crippen LogP contribution is -2.21. The van der Waals surface area contributed by atoms with E-state index in [0.29, 0.717) is 30.7 Å². The minimum atomic E-state index is -0.399. The van der Waals surface area contributed by atoms with E-state index in [-0.39, 0.29) is 12.0 Å². The van der Waals surface area contributed by atoms with Crippen molar-refractivity contribution in [2.75, 3.05) is 13.2 Å². The average molecular weight is 350 g/mol. The van der Waals surface area contributed by atoms with Gasteiger partial charge in [-0.2, -0.15) is 0 Å². The van der Waals surface area contributed by atoms with E-state index in [1.807, 2.05) is 42.5 Å². The van der Waals surface area contributed by atoms with Crippen LogP contribution >= 0.6 is 0 Å². The number of ether oxygens (including phenoxy) is 3. The molecule has 26 heavy (non-hydrogen) atoms. The Hall–Kier alpha value is -2.86. The van der Waals surface area contributed by atoms with Gasteiger partial charge in [0.1, 0.15) is 6.61 Å². The van der Waals surface area contributed by atoms with Gasteiger partial charge < -0.3 is 18.6 Å². The van der Waals surface area contributed by atoms with Crippen LogP contribution in [0.1, 0.15) is 41.9 Å². The van der Waals surface area contributed by atoms with Crippen molar-refractivity contribution in [1.29, 1.82) is 0 Å². The van der Waals surface area contributed by atoms with Crippen LogP contribution in [-0.4, -0.2) is 23.4 Å². The number of hydrogen-bond donors (Lipinski definition) is 0. The first kappa shape index (κ1) is 15.4. The molecule has 1 aromatic heterocycles. The maximum absolute atomic E-state index is 5.97. The lowest BCUT2D eigenvalue weighted by Gasteiger charge is -2.24. The molecule has 0 aliphatic carbocycles. The van der Waals surface area contributed by atoms with Crippen LogP contribution in [0.3, 0.4) is 0 Å². The summed E-state index contributed by atoms with van der Waals surface area (Å²) < 4.78 is 23.6. The van der Waals surface area contributed by atoms with Gasteiger partial charge in [-0.05, 0) is 24.1 Å². The highest BCUT2D eigenvalue weighted by Gasteiger charge is 2.36. The predicted octanol–water partition coefficient (Wildman–Crippen LogP) is 3.83. The molecule has 1 saturated heterocycles. The maximum Gasteiger partial charge on any atom is 0.260 e. The zero-order valence-corrected chi connectivity index (χ0v) is 14.1. The van der Waals surface area contributed by atoms with Gasteiger partial charge in [-0.3, -0.25) is 0 Å². The van der Waals surface area contributed by atoms with E-state index in [9.17, 15) is 0 Å². The fourth-order valence-electron chi connectivity index (χ4n) is 3.48. The highest BCUT2D eigenvalue weighted by molar-refractivity contribution is 5.40. The van der Waals surface area contributed by atoms with E-state index in [2.05, 4.69) is 22.3 Å². The van der Waals surface area contributed by atoms with E-state index in [0.717, 1.165) is 17.7 Å². The number of para-hydroxylation sites is 2. The molecule has 3 aromatic rings. The van der Waals surface area contributed by atoms with Crippen molar-refractivity contribution in [3.05, 3.63) is 71.9 Å². The van der Waals surface area contributed by atoms with Gasteiger partial charge in [0.25, 0.3) is 5.89 Å². The molecule has 0 unspecified atom stereocenters. The number of hydrogen-bond acceptors (Lipinski definition) is 6. The number of aromatic nitrogens is 2. The van der Waals surface area contributed by atoms with Crippen molar-refractivity contribution in [2.24, 2.45) is 0 Å². The van der Waals surface area contributed by atoms with Crippen molar-refractivity contribution < 1.29 is 18.6 Å². The van der Waals surface area contributed by atoms with Gasteiger partial charge in [-0.15, -0.1) is 10.2 Å². The fourth-order valence-corrected chi connectivity index (χ4v) is 3.48. The average Bonchev–Trinajstić information content (AvgIpc) is 3.37. The van der Waals surface area contributed by atoms with Gasteiger partial charge in [0.05, 0.1) is 12.0 Å². The zero-order valence-electron chi connectivity index (χ0n) is 14.1. The summed E-state index contributed by atoms with van der Waals surface area (Å²) in [4.78, 5) is 0. The molecular formula is C20H18N2O4. The Bertz CT molecular complexity index is 896. The Morgan fingerprint density at radius 1 is 0.846 bits per heavy atom. The third kappa shape index (κ3) is 2.72. The predicted molar refractivity (Wildman–Crippen MR) is 92.1 cm³/mol. The van der Waals surface area contributed by atoms with Crippen LogP contribution in [0, 0.1) is 0 Å². The third-order valence-corrected chi connectivity index (χ3v) is 4.78. The number of nitrogens with zero attached hydrogens (tertiary/aromatic N) is 2. The normalized spacial score (nSPS) is 24.5. The van der Waals surface area contributed by atoms with Crippen molar-refractivity contribution in [2.45, 2.75) is 24.5 Å². The molecule has 2 aromatic carbocycles. The van der Waals surface area contributed by atoms with Gasteiger partial charge in [0.2, 0.25) is 12.0 Å². The molecule has 0 bridgehead atoms. The molecule has 0 saturated carbocycles. The summed E-state index contributed by atoms with van der Waals surface area (Å²) in [6, 6.07) is 17.7. The fraction of sp³-hybridized carbons (Fsp3) is 0.300. The summed E-state index contributed by atoms with van der Waals surface area (Å²) in [7, 11) is 0. The monoisotopic (exact) mass is 350 g/mol. The molecule has 1 fully saturated rings. The van der Waals surface area contributed by atoms with Crippen LogP contribution in [0.2, 0.25) is 0 Å². The van der Waals surface area contributed by atoms with Gasteiger partial charge in [-0.1, -0.05) is 42.5 Å². The highest BCUT2D eigenvalue weighted by atomic mass is 16.6. The SMILES string of the molecule is c1ccc([C@H]2OCC[C@@H]2c2nnc([C@@H]3COc4ccccc4O3)o2)cc1. The molecule has 0 N–H and O–H groups in total. The standard InChI is InChI=1S/C20H18N2O4/c1-2-6-13(7-3-1)18-14(10-11-23-18)19-21-22-20(26-19)17-12-24-15-8-4-5-9-16(15)25-17/h1-9,14,17-18H,10-12H2/t14-,17-,18+/m0/s1. The van der Waals surface area contributed by atoms with Crippen molar-refractivity contribution in [3.63, 3.8) is 0 Å². The smallest absolute Gasteiger partial charge is 0.260 e. The van der Waals surface area contributed by atoms with Crippen LogP contribution in [0.5, 0.6) is 11.5 Å². The molecule has 0 amide bonds. The molecular weight excluding hydrogens is 332 g/mol. The Kier molecular flexibility index (Phi) is 3.83. The molecule has 6 heteroatoms. The van der Waals surface area contributed by atoms with Gasteiger partial charge in [-0.25, -0.2) is 0 Å². The minimum absolute atomic E-state index is 0.0513. The van der Waals surface area contributed by atoms with Crippen LogP contribution in [0.15, 0.2) is 59.0 Å². The second kappa shape index (κ2) is 6.46. The summed E-state index contributed by atoms with van der Waals surface area (Å²) in [5.74, 6) is 2.50. The van der Waals surface area contributed by atoms with E-state index < -0.39 is 6.10 Å². The first-order chi connectivity index (χ1) is 12.9. The second-order valence-corrected chi connectivity index (χ2v) is 6.44. The summed E-state index contributed by atoms with van der Waals surface area (Å²) >= 11 is 0. The van der Waals surface area contributed by atoms with Gasteiger partial charge in [0.15, 0.2) is 11.5 Å². The number of benzene rings is 2. The molecule has 0 radical (unpaired) electrons. The van der Waals surface area contributed by atoms with Gasteiger partial charge in [0, 0.05) is 6.61 Å². The number of rotatable bonds is 3. The van der Waals surface area contributed by atoms with Crippen LogP contribution in [-0.2, 0) is 4.74 Å². The molecule has 6 nitrogen and oxygen atoms in total. The Labute approximate surface area is 150 Å². The maximum atomic E-state index is 5.97. The first-order valence-corrected chi connectivity index (χ1v) is 8.77. The lowest BCUT2D eigenvalue weighted by molar-refractivity contribution is 0.0681.